The third kappa shape index (κ3) is 6.17. The van der Waals surface area contributed by atoms with Crippen LogP contribution in [0.1, 0.15) is 65.2 Å². The Bertz CT molecular complexity index is 585. The molecule has 4 atom stereocenters. The van der Waals surface area contributed by atoms with Gasteiger partial charge in [0.05, 0.1) is 12.0 Å². The normalized spacial score (nSPS) is 23.2. The lowest BCUT2D eigenvalue weighted by Gasteiger charge is -2.32. The van der Waals surface area contributed by atoms with Crippen LogP contribution < -0.4 is 16.4 Å². The smallest absolute Gasteiger partial charge is 0.426 e. The SMILES string of the molecule is CC[C@H](NC(=O)[C@@H]1CCCN1C(=O)[C@@H](N)C1CCCCC1)C(=O)N[C@@H](C)B(O)O. The summed E-state index contributed by atoms with van der Waals surface area (Å²) in [5.41, 5.74) is 6.26. The summed E-state index contributed by atoms with van der Waals surface area (Å²) < 4.78 is 0. The number of hydrogen-bond acceptors (Lipinski definition) is 6. The Morgan fingerprint density at radius 1 is 1.10 bits per heavy atom. The minimum atomic E-state index is -1.68. The largest absolute Gasteiger partial charge is 0.475 e. The Labute approximate surface area is 172 Å². The van der Waals surface area contributed by atoms with Crippen molar-refractivity contribution < 1.29 is 24.4 Å². The highest BCUT2D eigenvalue weighted by Gasteiger charge is 2.39. The molecule has 1 heterocycles. The van der Waals surface area contributed by atoms with Gasteiger partial charge in [-0.25, -0.2) is 0 Å². The van der Waals surface area contributed by atoms with E-state index in [-0.39, 0.29) is 17.7 Å². The average Bonchev–Trinajstić information content (AvgIpc) is 3.21. The van der Waals surface area contributed by atoms with Gasteiger partial charge in [-0.1, -0.05) is 26.2 Å². The van der Waals surface area contributed by atoms with Gasteiger partial charge in [-0.3, -0.25) is 14.4 Å². The summed E-state index contributed by atoms with van der Waals surface area (Å²) in [4.78, 5) is 39.7. The molecule has 0 aromatic carbocycles. The monoisotopic (exact) mass is 410 g/mol. The summed E-state index contributed by atoms with van der Waals surface area (Å²) in [5, 5.41) is 23.4. The third-order valence-corrected chi connectivity index (χ3v) is 6.14. The summed E-state index contributed by atoms with van der Waals surface area (Å²) >= 11 is 0. The molecule has 0 unspecified atom stereocenters. The van der Waals surface area contributed by atoms with Gasteiger partial charge in [-0.05, 0) is 44.9 Å². The lowest BCUT2D eigenvalue weighted by molar-refractivity contribution is -0.141. The number of nitrogens with one attached hydrogen (secondary N) is 2. The predicted molar refractivity (Wildman–Crippen MR) is 109 cm³/mol. The van der Waals surface area contributed by atoms with Gasteiger partial charge in [-0.15, -0.1) is 0 Å². The molecule has 29 heavy (non-hydrogen) atoms. The Hall–Kier alpha value is -1.65. The van der Waals surface area contributed by atoms with Crippen molar-refractivity contribution in [3.8, 4) is 0 Å². The first kappa shape index (κ1) is 23.6. The van der Waals surface area contributed by atoms with Crippen LogP contribution in [0.25, 0.3) is 0 Å². The molecular formula is C19H35BN4O5. The van der Waals surface area contributed by atoms with Crippen LogP contribution >= 0.6 is 0 Å². The molecule has 3 amide bonds. The summed E-state index contributed by atoms with van der Waals surface area (Å²) in [6.45, 7) is 3.70. The van der Waals surface area contributed by atoms with E-state index in [4.69, 9.17) is 15.8 Å². The summed E-state index contributed by atoms with van der Waals surface area (Å²) in [6, 6.07) is -2.02. The molecule has 1 saturated heterocycles. The zero-order chi connectivity index (χ0) is 21.6. The first-order valence-electron chi connectivity index (χ1n) is 10.8. The quantitative estimate of drug-likeness (QED) is 0.335. The molecular weight excluding hydrogens is 375 g/mol. The van der Waals surface area contributed by atoms with Gasteiger partial charge in [-0.2, -0.15) is 0 Å². The van der Waals surface area contributed by atoms with Crippen LogP contribution in [0.3, 0.4) is 0 Å². The second-order valence-corrected chi connectivity index (χ2v) is 8.29. The third-order valence-electron chi connectivity index (χ3n) is 6.14. The van der Waals surface area contributed by atoms with Gasteiger partial charge in [0.15, 0.2) is 0 Å². The highest BCUT2D eigenvalue weighted by Crippen LogP contribution is 2.28. The molecule has 10 heteroatoms. The van der Waals surface area contributed by atoms with Crippen LogP contribution in [0.15, 0.2) is 0 Å². The number of nitrogens with zero attached hydrogens (tertiary/aromatic N) is 1. The lowest BCUT2D eigenvalue weighted by atomic mass is 9.81. The molecule has 9 nitrogen and oxygen atoms in total. The standard InChI is InChI=1S/C19H35BN4O5/c1-3-14(17(25)22-12(2)20(28)29)23-18(26)15-10-7-11-24(15)19(27)16(21)13-8-5-4-6-9-13/h12-16,28-29H,3-11,21H2,1-2H3,(H,22,25)(H,23,26)/t12-,14-,15-,16-/m0/s1. The number of hydrogen-bond donors (Lipinski definition) is 5. The van der Waals surface area contributed by atoms with Gasteiger partial charge in [0.2, 0.25) is 17.7 Å². The van der Waals surface area contributed by atoms with Gasteiger partial charge in [0, 0.05) is 6.54 Å². The molecule has 0 bridgehead atoms. The molecule has 1 saturated carbocycles. The van der Waals surface area contributed by atoms with Crippen molar-refractivity contribution >= 4 is 24.8 Å². The molecule has 0 spiro atoms. The maximum Gasteiger partial charge on any atom is 0.475 e. The van der Waals surface area contributed by atoms with Crippen LogP contribution in [-0.4, -0.2) is 70.4 Å². The van der Waals surface area contributed by atoms with E-state index < -0.39 is 37.1 Å². The number of carbonyl (C=O) groups is 3. The van der Waals surface area contributed by atoms with Crippen molar-refractivity contribution in [2.75, 3.05) is 6.54 Å². The van der Waals surface area contributed by atoms with Crippen LogP contribution in [0.2, 0.25) is 0 Å². The minimum absolute atomic E-state index is 0.168. The zero-order valence-electron chi connectivity index (χ0n) is 17.5. The first-order valence-corrected chi connectivity index (χ1v) is 10.8. The van der Waals surface area contributed by atoms with Crippen molar-refractivity contribution in [1.82, 2.24) is 15.5 Å². The Balaban J connectivity index is 1.97. The fourth-order valence-corrected chi connectivity index (χ4v) is 4.21. The lowest BCUT2D eigenvalue weighted by Crippen LogP contribution is -2.57. The van der Waals surface area contributed by atoms with Gasteiger partial charge in [0.1, 0.15) is 12.1 Å². The van der Waals surface area contributed by atoms with Crippen LogP contribution in [0, 0.1) is 5.92 Å². The van der Waals surface area contributed by atoms with Crippen molar-refractivity contribution in [1.29, 1.82) is 0 Å². The highest BCUT2D eigenvalue weighted by molar-refractivity contribution is 6.43. The molecule has 6 N–H and O–H groups in total. The van der Waals surface area contributed by atoms with Crippen LogP contribution in [0.5, 0.6) is 0 Å². The highest BCUT2D eigenvalue weighted by atomic mass is 16.4. The van der Waals surface area contributed by atoms with E-state index in [0.29, 0.717) is 19.4 Å². The summed E-state index contributed by atoms with van der Waals surface area (Å²) in [5.74, 6) is -1.72. The van der Waals surface area contributed by atoms with E-state index >= 15 is 0 Å². The van der Waals surface area contributed by atoms with Gasteiger partial charge < -0.3 is 31.3 Å². The number of carbonyl (C=O) groups excluding carboxylic acids is 3. The van der Waals surface area contributed by atoms with E-state index in [1.165, 1.54) is 13.3 Å². The van der Waals surface area contributed by atoms with Crippen molar-refractivity contribution in [2.45, 2.75) is 89.3 Å². The summed E-state index contributed by atoms with van der Waals surface area (Å²) in [6.07, 6.45) is 6.85. The van der Waals surface area contributed by atoms with E-state index in [9.17, 15) is 14.4 Å². The van der Waals surface area contributed by atoms with Crippen molar-refractivity contribution in [2.24, 2.45) is 11.7 Å². The van der Waals surface area contributed by atoms with E-state index in [0.717, 1.165) is 32.1 Å². The number of nitrogens with two attached hydrogens (primary N) is 1. The molecule has 0 aromatic heterocycles. The fraction of sp³-hybridized carbons (Fsp3) is 0.842. The van der Waals surface area contributed by atoms with Crippen LogP contribution in [-0.2, 0) is 14.4 Å². The van der Waals surface area contributed by atoms with Gasteiger partial charge in [0.25, 0.3) is 0 Å². The molecule has 164 valence electrons. The molecule has 0 radical (unpaired) electrons. The average molecular weight is 410 g/mol. The maximum absolute atomic E-state index is 13.0. The van der Waals surface area contributed by atoms with Crippen molar-refractivity contribution in [3.63, 3.8) is 0 Å². The van der Waals surface area contributed by atoms with E-state index in [1.54, 1.807) is 11.8 Å². The van der Waals surface area contributed by atoms with E-state index in [1.807, 2.05) is 0 Å². The molecule has 2 aliphatic rings. The Kier molecular flexibility index (Phi) is 8.91. The topological polar surface area (TPSA) is 145 Å². The number of amides is 3. The second kappa shape index (κ2) is 10.9. The Morgan fingerprint density at radius 2 is 1.76 bits per heavy atom. The molecule has 2 fully saturated rings. The maximum atomic E-state index is 13.0. The predicted octanol–water partition coefficient (Wildman–Crippen LogP) is -0.703. The van der Waals surface area contributed by atoms with Gasteiger partial charge >= 0.3 is 7.12 Å². The number of likely N-dealkylation sites (tertiary alicyclic amines) is 1. The molecule has 1 aliphatic carbocycles. The number of rotatable bonds is 8. The summed E-state index contributed by atoms with van der Waals surface area (Å²) in [7, 11) is -1.68. The fourth-order valence-electron chi connectivity index (χ4n) is 4.21. The van der Waals surface area contributed by atoms with E-state index in [2.05, 4.69) is 10.6 Å². The molecule has 0 aromatic rings. The second-order valence-electron chi connectivity index (χ2n) is 8.29. The Morgan fingerprint density at radius 3 is 2.34 bits per heavy atom. The molecule has 1 aliphatic heterocycles. The zero-order valence-corrected chi connectivity index (χ0v) is 17.5. The van der Waals surface area contributed by atoms with Crippen molar-refractivity contribution in [3.05, 3.63) is 0 Å². The van der Waals surface area contributed by atoms with Crippen LogP contribution in [0.4, 0.5) is 0 Å². The molecule has 2 rings (SSSR count). The minimum Gasteiger partial charge on any atom is -0.426 e. The first-order chi connectivity index (χ1) is 13.8.